The molecule has 338 valence electrons. The first kappa shape index (κ1) is 55.4. The molecule has 0 aromatic heterocycles. The standard InChI is InChI=1S/C51H98O6/c1-7-46(5)38-32-26-20-16-13-14-18-22-29-35-41-50(53)56-44-48(57-51(54)42-36-30-24-23-27-33-39-47(6)8-2)43-55-49(52)40-34-28-21-17-12-10-9-11-15-19-25-31-37-45(3)4/h45-48H,7-44H2,1-6H3/t46?,47?,48-/m1/s1. The molecule has 0 aliphatic heterocycles. The molecule has 0 spiro atoms. The summed E-state index contributed by atoms with van der Waals surface area (Å²) in [5, 5.41) is 0. The fraction of sp³-hybridized carbons (Fsp3) is 0.941. The third-order valence-electron chi connectivity index (χ3n) is 12.1. The van der Waals surface area contributed by atoms with Crippen LogP contribution < -0.4 is 0 Å². The van der Waals surface area contributed by atoms with E-state index in [2.05, 4.69) is 41.5 Å². The predicted octanol–water partition coefficient (Wildman–Crippen LogP) is 16.0. The van der Waals surface area contributed by atoms with E-state index in [-0.39, 0.29) is 31.1 Å². The lowest BCUT2D eigenvalue weighted by Crippen LogP contribution is -2.30. The van der Waals surface area contributed by atoms with Crippen LogP contribution in [-0.4, -0.2) is 37.2 Å². The Hall–Kier alpha value is -1.59. The number of unbranched alkanes of at least 4 members (excludes halogenated alkanes) is 25. The lowest BCUT2D eigenvalue weighted by molar-refractivity contribution is -0.167. The van der Waals surface area contributed by atoms with Crippen LogP contribution in [0.1, 0.15) is 273 Å². The third kappa shape index (κ3) is 42.3. The number of ether oxygens (including phenoxy) is 3. The molecule has 0 aliphatic rings. The summed E-state index contributed by atoms with van der Waals surface area (Å²) in [6, 6.07) is 0. The molecule has 0 aliphatic carbocycles. The largest absolute Gasteiger partial charge is 0.462 e. The number of hydrogen-bond donors (Lipinski definition) is 0. The zero-order valence-electron chi connectivity index (χ0n) is 39.1. The van der Waals surface area contributed by atoms with Crippen LogP contribution in [0.2, 0.25) is 0 Å². The fourth-order valence-corrected chi connectivity index (χ4v) is 7.52. The van der Waals surface area contributed by atoms with Gasteiger partial charge in [-0.25, -0.2) is 0 Å². The van der Waals surface area contributed by atoms with Crippen LogP contribution in [0.25, 0.3) is 0 Å². The maximum absolute atomic E-state index is 12.7. The second-order valence-electron chi connectivity index (χ2n) is 18.4. The lowest BCUT2D eigenvalue weighted by atomic mass is 9.99. The SMILES string of the molecule is CCC(C)CCCCCCCCCCCCC(=O)OC[C@@H](COC(=O)CCCCCCCCCCCCCCC(C)C)OC(=O)CCCCCCCCC(C)CC. The van der Waals surface area contributed by atoms with Crippen LogP contribution in [0.15, 0.2) is 0 Å². The molecule has 0 saturated heterocycles. The van der Waals surface area contributed by atoms with Gasteiger partial charge in [-0.15, -0.1) is 0 Å². The summed E-state index contributed by atoms with van der Waals surface area (Å²) in [7, 11) is 0. The van der Waals surface area contributed by atoms with Gasteiger partial charge in [-0.1, -0.05) is 234 Å². The van der Waals surface area contributed by atoms with Gasteiger partial charge < -0.3 is 14.2 Å². The van der Waals surface area contributed by atoms with Crippen molar-refractivity contribution in [3.05, 3.63) is 0 Å². The Balaban J connectivity index is 4.31. The Morgan fingerprint density at radius 1 is 0.351 bits per heavy atom. The van der Waals surface area contributed by atoms with E-state index in [4.69, 9.17) is 14.2 Å². The fourth-order valence-electron chi connectivity index (χ4n) is 7.52. The first-order chi connectivity index (χ1) is 27.7. The van der Waals surface area contributed by atoms with Crippen molar-refractivity contribution in [3.8, 4) is 0 Å². The molecule has 6 nitrogen and oxygen atoms in total. The van der Waals surface area contributed by atoms with Gasteiger partial charge in [0.05, 0.1) is 0 Å². The molecule has 3 atom stereocenters. The summed E-state index contributed by atoms with van der Waals surface area (Å²) < 4.78 is 16.8. The number of rotatable bonds is 44. The van der Waals surface area contributed by atoms with E-state index >= 15 is 0 Å². The molecular formula is C51H98O6. The molecule has 0 bridgehead atoms. The zero-order chi connectivity index (χ0) is 42.0. The number of carbonyl (C=O) groups excluding carboxylic acids is 3. The average Bonchev–Trinajstić information content (AvgIpc) is 3.19. The molecule has 57 heavy (non-hydrogen) atoms. The smallest absolute Gasteiger partial charge is 0.306 e. The van der Waals surface area contributed by atoms with Crippen molar-refractivity contribution in [2.24, 2.45) is 17.8 Å². The zero-order valence-corrected chi connectivity index (χ0v) is 39.1. The summed E-state index contributed by atoms with van der Waals surface area (Å²) in [5.74, 6) is 1.65. The maximum atomic E-state index is 12.7. The van der Waals surface area contributed by atoms with Crippen molar-refractivity contribution in [1.82, 2.24) is 0 Å². The molecule has 0 N–H and O–H groups in total. The van der Waals surface area contributed by atoms with Gasteiger partial charge in [0.25, 0.3) is 0 Å². The van der Waals surface area contributed by atoms with Crippen molar-refractivity contribution in [3.63, 3.8) is 0 Å². The van der Waals surface area contributed by atoms with Crippen molar-refractivity contribution >= 4 is 17.9 Å². The van der Waals surface area contributed by atoms with E-state index in [1.807, 2.05) is 0 Å². The highest BCUT2D eigenvalue weighted by atomic mass is 16.6. The summed E-state index contributed by atoms with van der Waals surface area (Å²) in [6.07, 6.45) is 40.8. The summed E-state index contributed by atoms with van der Waals surface area (Å²) in [5.41, 5.74) is 0. The number of hydrogen-bond acceptors (Lipinski definition) is 6. The van der Waals surface area contributed by atoms with Crippen molar-refractivity contribution in [1.29, 1.82) is 0 Å². The predicted molar refractivity (Wildman–Crippen MR) is 243 cm³/mol. The van der Waals surface area contributed by atoms with Gasteiger partial charge in [0.15, 0.2) is 6.10 Å². The van der Waals surface area contributed by atoms with Gasteiger partial charge in [0.1, 0.15) is 13.2 Å². The molecule has 0 radical (unpaired) electrons. The van der Waals surface area contributed by atoms with E-state index < -0.39 is 6.10 Å². The molecule has 2 unspecified atom stereocenters. The highest BCUT2D eigenvalue weighted by Crippen LogP contribution is 2.18. The number of carbonyl (C=O) groups is 3. The first-order valence-corrected chi connectivity index (χ1v) is 25.2. The lowest BCUT2D eigenvalue weighted by Gasteiger charge is -2.18. The summed E-state index contributed by atoms with van der Waals surface area (Å²) >= 11 is 0. The second kappa shape index (κ2) is 42.5. The van der Waals surface area contributed by atoms with Crippen LogP contribution >= 0.6 is 0 Å². The van der Waals surface area contributed by atoms with Crippen LogP contribution in [0, 0.1) is 17.8 Å². The van der Waals surface area contributed by atoms with Gasteiger partial charge in [-0.2, -0.15) is 0 Å². The topological polar surface area (TPSA) is 78.9 Å². The molecule has 0 amide bonds. The van der Waals surface area contributed by atoms with Gasteiger partial charge in [-0.3, -0.25) is 14.4 Å². The van der Waals surface area contributed by atoms with E-state index in [0.717, 1.165) is 75.5 Å². The van der Waals surface area contributed by atoms with Gasteiger partial charge in [-0.05, 0) is 37.0 Å². The first-order valence-electron chi connectivity index (χ1n) is 25.2. The molecule has 0 fully saturated rings. The minimum absolute atomic E-state index is 0.0658. The summed E-state index contributed by atoms with van der Waals surface area (Å²) in [4.78, 5) is 37.9. The minimum atomic E-state index is -0.763. The third-order valence-corrected chi connectivity index (χ3v) is 12.1. The molecule has 0 heterocycles. The van der Waals surface area contributed by atoms with Crippen molar-refractivity contribution in [2.45, 2.75) is 279 Å². The molecule has 0 aromatic rings. The minimum Gasteiger partial charge on any atom is -0.462 e. The summed E-state index contributed by atoms with van der Waals surface area (Å²) in [6.45, 7) is 13.7. The Morgan fingerprint density at radius 3 is 0.912 bits per heavy atom. The van der Waals surface area contributed by atoms with Crippen molar-refractivity contribution < 1.29 is 28.6 Å². The van der Waals surface area contributed by atoms with Gasteiger partial charge in [0, 0.05) is 19.3 Å². The van der Waals surface area contributed by atoms with E-state index in [1.54, 1.807) is 0 Å². The van der Waals surface area contributed by atoms with Crippen LogP contribution in [-0.2, 0) is 28.6 Å². The second-order valence-corrected chi connectivity index (χ2v) is 18.4. The average molecular weight is 807 g/mol. The number of esters is 3. The molecule has 0 aromatic carbocycles. The van der Waals surface area contributed by atoms with Crippen LogP contribution in [0.4, 0.5) is 0 Å². The Morgan fingerprint density at radius 2 is 0.614 bits per heavy atom. The normalized spacial score (nSPS) is 13.1. The Kier molecular flexibility index (Phi) is 41.3. The van der Waals surface area contributed by atoms with Crippen LogP contribution in [0.5, 0.6) is 0 Å². The van der Waals surface area contributed by atoms with E-state index in [1.165, 1.54) is 154 Å². The monoisotopic (exact) mass is 807 g/mol. The van der Waals surface area contributed by atoms with Crippen molar-refractivity contribution in [2.75, 3.05) is 13.2 Å². The van der Waals surface area contributed by atoms with Gasteiger partial charge >= 0.3 is 17.9 Å². The Labute approximate surface area is 355 Å². The highest BCUT2D eigenvalue weighted by molar-refractivity contribution is 5.71. The molecule has 0 saturated carbocycles. The quantitative estimate of drug-likeness (QED) is 0.0347. The molecule has 6 heteroatoms. The van der Waals surface area contributed by atoms with E-state index in [9.17, 15) is 14.4 Å². The molecular weight excluding hydrogens is 709 g/mol. The molecule has 0 rings (SSSR count). The maximum Gasteiger partial charge on any atom is 0.306 e. The van der Waals surface area contributed by atoms with Crippen LogP contribution in [0.3, 0.4) is 0 Å². The Bertz CT molecular complexity index is 887. The van der Waals surface area contributed by atoms with Gasteiger partial charge in [0.2, 0.25) is 0 Å². The highest BCUT2D eigenvalue weighted by Gasteiger charge is 2.19. The van der Waals surface area contributed by atoms with E-state index in [0.29, 0.717) is 19.3 Å².